The Morgan fingerprint density at radius 2 is 1.83 bits per heavy atom. The van der Waals surface area contributed by atoms with Gasteiger partial charge in [-0.3, -0.25) is 4.79 Å². The molecule has 0 aliphatic rings. The van der Waals surface area contributed by atoms with Crippen molar-refractivity contribution in [2.45, 2.75) is 27.7 Å². The lowest BCUT2D eigenvalue weighted by Gasteiger charge is -2.12. The molecule has 0 fully saturated rings. The van der Waals surface area contributed by atoms with Gasteiger partial charge in [-0.15, -0.1) is 0 Å². The molecule has 1 aromatic carbocycles. The summed E-state index contributed by atoms with van der Waals surface area (Å²) < 4.78 is 16.6. The zero-order valence-corrected chi connectivity index (χ0v) is 19.1. The minimum Gasteiger partial charge on any atom is -0.492 e. The van der Waals surface area contributed by atoms with E-state index in [1.54, 1.807) is 32.9 Å². The number of nitrogens with zero attached hydrogens (tertiary/aromatic N) is 1. The van der Waals surface area contributed by atoms with E-state index in [0.29, 0.717) is 39.5 Å². The highest BCUT2D eigenvalue weighted by atomic mass is 79.9. The number of aromatic amines is 1. The standard InChI is InChI=1S/C22H23BrN2O5/c1-6-29-17-10-14(9-16(23)21(17)28-5)8-15(11-24)20(26)18-12(3)25-13(4)19(18)22(27)30-7-2/h8-10,25H,6-7H2,1-5H3/b15-8+. The molecule has 8 heteroatoms. The first-order valence-corrected chi connectivity index (χ1v) is 10.1. The maximum Gasteiger partial charge on any atom is 0.340 e. The highest BCUT2D eigenvalue weighted by Gasteiger charge is 2.27. The molecule has 0 bridgehead atoms. The number of Topliss-reactive ketones (excluding diaryl/α,β-unsaturated/α-hetero) is 1. The van der Waals surface area contributed by atoms with Crippen LogP contribution in [0.1, 0.15) is 51.5 Å². The van der Waals surface area contributed by atoms with Gasteiger partial charge in [-0.2, -0.15) is 5.26 Å². The minimum absolute atomic E-state index is 0.123. The fourth-order valence-electron chi connectivity index (χ4n) is 3.11. The third kappa shape index (κ3) is 4.74. The van der Waals surface area contributed by atoms with E-state index in [4.69, 9.17) is 14.2 Å². The van der Waals surface area contributed by atoms with Crippen molar-refractivity contribution in [1.29, 1.82) is 5.26 Å². The number of nitrogens with one attached hydrogen (secondary N) is 1. The first-order valence-electron chi connectivity index (χ1n) is 9.32. The molecular weight excluding hydrogens is 452 g/mol. The van der Waals surface area contributed by atoms with Gasteiger partial charge in [-0.05, 0) is 67.4 Å². The second-order valence-corrected chi connectivity index (χ2v) is 7.17. The average molecular weight is 475 g/mol. The van der Waals surface area contributed by atoms with Crippen LogP contribution in [0.25, 0.3) is 6.08 Å². The normalized spacial score (nSPS) is 11.0. The van der Waals surface area contributed by atoms with E-state index in [0.717, 1.165) is 0 Å². The number of carbonyl (C=O) groups excluding carboxylic acids is 2. The number of nitriles is 1. The Hall–Kier alpha value is -3.05. The molecule has 1 aromatic heterocycles. The number of aromatic nitrogens is 1. The van der Waals surface area contributed by atoms with E-state index >= 15 is 0 Å². The van der Waals surface area contributed by atoms with E-state index in [9.17, 15) is 14.9 Å². The van der Waals surface area contributed by atoms with Crippen LogP contribution < -0.4 is 9.47 Å². The molecule has 0 amide bonds. The number of carbonyl (C=O) groups is 2. The van der Waals surface area contributed by atoms with Gasteiger partial charge in [-0.25, -0.2) is 4.79 Å². The van der Waals surface area contributed by atoms with Crippen LogP contribution in [0.4, 0.5) is 0 Å². The Balaban J connectivity index is 2.57. The van der Waals surface area contributed by atoms with Crippen LogP contribution >= 0.6 is 15.9 Å². The van der Waals surface area contributed by atoms with Crippen LogP contribution in [0.3, 0.4) is 0 Å². The van der Waals surface area contributed by atoms with Crippen molar-refractivity contribution >= 4 is 33.8 Å². The van der Waals surface area contributed by atoms with Crippen LogP contribution in [-0.2, 0) is 4.74 Å². The second kappa shape index (κ2) is 10.1. The number of aryl methyl sites for hydroxylation is 2. The van der Waals surface area contributed by atoms with E-state index < -0.39 is 11.8 Å². The second-order valence-electron chi connectivity index (χ2n) is 6.31. The number of ketones is 1. The van der Waals surface area contributed by atoms with Gasteiger partial charge in [0, 0.05) is 11.4 Å². The maximum absolute atomic E-state index is 13.2. The number of benzene rings is 1. The third-order valence-corrected chi connectivity index (χ3v) is 4.88. The molecule has 0 atom stereocenters. The lowest BCUT2D eigenvalue weighted by atomic mass is 9.98. The molecule has 0 unspecified atom stereocenters. The molecule has 1 heterocycles. The van der Waals surface area contributed by atoms with Crippen LogP contribution in [-0.4, -0.2) is 37.1 Å². The monoisotopic (exact) mass is 474 g/mol. The molecule has 0 saturated carbocycles. The summed E-state index contributed by atoms with van der Waals surface area (Å²) in [5.41, 5.74) is 1.73. The van der Waals surface area contributed by atoms with Gasteiger partial charge in [0.05, 0.1) is 35.9 Å². The zero-order valence-electron chi connectivity index (χ0n) is 17.5. The summed E-state index contributed by atoms with van der Waals surface area (Å²) in [4.78, 5) is 28.5. The lowest BCUT2D eigenvalue weighted by Crippen LogP contribution is -2.13. The quantitative estimate of drug-likeness (QED) is 0.256. The van der Waals surface area contributed by atoms with Crippen LogP contribution in [0, 0.1) is 25.2 Å². The molecule has 0 aliphatic carbocycles. The molecule has 0 aliphatic heterocycles. The van der Waals surface area contributed by atoms with Crippen molar-refractivity contribution in [1.82, 2.24) is 4.98 Å². The van der Waals surface area contributed by atoms with E-state index in [-0.39, 0.29) is 23.3 Å². The minimum atomic E-state index is -0.606. The molecule has 2 rings (SSSR count). The number of rotatable bonds is 8. The van der Waals surface area contributed by atoms with Gasteiger partial charge in [0.15, 0.2) is 11.5 Å². The topological polar surface area (TPSA) is 101 Å². The van der Waals surface area contributed by atoms with Crippen LogP contribution in [0.2, 0.25) is 0 Å². The first-order chi connectivity index (χ1) is 14.3. The Labute approximate surface area is 183 Å². The molecule has 2 aromatic rings. The summed E-state index contributed by atoms with van der Waals surface area (Å²) >= 11 is 3.42. The number of methoxy groups -OCH3 is 1. The third-order valence-electron chi connectivity index (χ3n) is 4.29. The molecule has 7 nitrogen and oxygen atoms in total. The fourth-order valence-corrected chi connectivity index (χ4v) is 3.73. The number of allylic oxidation sites excluding steroid dienone is 1. The van der Waals surface area contributed by atoms with Gasteiger partial charge >= 0.3 is 5.97 Å². The summed E-state index contributed by atoms with van der Waals surface area (Å²) in [5, 5.41) is 9.66. The van der Waals surface area contributed by atoms with Gasteiger partial charge in [0.1, 0.15) is 11.6 Å². The van der Waals surface area contributed by atoms with E-state index in [1.807, 2.05) is 13.0 Å². The molecule has 158 valence electrons. The largest absolute Gasteiger partial charge is 0.492 e. The molecular formula is C22H23BrN2O5. The van der Waals surface area contributed by atoms with Crippen molar-refractivity contribution in [2.75, 3.05) is 20.3 Å². The first kappa shape index (κ1) is 23.2. The predicted octanol–water partition coefficient (Wildman–Crippen LogP) is 4.77. The van der Waals surface area contributed by atoms with Crippen molar-refractivity contribution in [2.24, 2.45) is 0 Å². The number of hydrogen-bond acceptors (Lipinski definition) is 6. The summed E-state index contributed by atoms with van der Waals surface area (Å²) in [5.74, 6) is -0.176. The molecule has 0 spiro atoms. The summed E-state index contributed by atoms with van der Waals surface area (Å²) in [7, 11) is 1.52. The highest BCUT2D eigenvalue weighted by molar-refractivity contribution is 9.10. The molecule has 30 heavy (non-hydrogen) atoms. The number of esters is 1. The smallest absolute Gasteiger partial charge is 0.340 e. The number of H-pyrrole nitrogens is 1. The summed E-state index contributed by atoms with van der Waals surface area (Å²) in [6, 6.07) is 5.34. The van der Waals surface area contributed by atoms with Crippen molar-refractivity contribution in [3.63, 3.8) is 0 Å². The molecule has 1 N–H and O–H groups in total. The van der Waals surface area contributed by atoms with E-state index in [1.165, 1.54) is 13.2 Å². The van der Waals surface area contributed by atoms with Crippen molar-refractivity contribution in [3.8, 4) is 17.6 Å². The van der Waals surface area contributed by atoms with Gasteiger partial charge in [-0.1, -0.05) is 0 Å². The zero-order chi connectivity index (χ0) is 22.4. The van der Waals surface area contributed by atoms with Gasteiger partial charge in [0.25, 0.3) is 0 Å². The van der Waals surface area contributed by atoms with Crippen LogP contribution in [0.15, 0.2) is 22.2 Å². The predicted molar refractivity (Wildman–Crippen MR) is 116 cm³/mol. The Kier molecular flexibility index (Phi) is 7.84. The molecule has 0 saturated heterocycles. The Morgan fingerprint density at radius 1 is 1.17 bits per heavy atom. The highest BCUT2D eigenvalue weighted by Crippen LogP contribution is 2.37. The van der Waals surface area contributed by atoms with Gasteiger partial charge in [0.2, 0.25) is 5.78 Å². The Morgan fingerprint density at radius 3 is 2.40 bits per heavy atom. The van der Waals surface area contributed by atoms with Gasteiger partial charge < -0.3 is 19.2 Å². The summed E-state index contributed by atoms with van der Waals surface area (Å²) in [6.07, 6.45) is 1.45. The number of ether oxygens (including phenoxy) is 3. The number of halogens is 1. The SMILES string of the molecule is CCOC(=O)c1c(C)[nH]c(C)c1C(=O)/C(C#N)=C/c1cc(Br)c(OC)c(OCC)c1. The van der Waals surface area contributed by atoms with E-state index in [2.05, 4.69) is 20.9 Å². The molecule has 0 radical (unpaired) electrons. The fraction of sp³-hybridized carbons (Fsp3) is 0.318. The van der Waals surface area contributed by atoms with Crippen LogP contribution in [0.5, 0.6) is 11.5 Å². The summed E-state index contributed by atoms with van der Waals surface area (Å²) in [6.45, 7) is 7.48. The average Bonchev–Trinajstić information content (AvgIpc) is 2.99. The maximum atomic E-state index is 13.2. The lowest BCUT2D eigenvalue weighted by molar-refractivity contribution is 0.0523. The number of hydrogen-bond donors (Lipinski definition) is 1. The van der Waals surface area contributed by atoms with Crippen molar-refractivity contribution in [3.05, 3.63) is 50.3 Å². The van der Waals surface area contributed by atoms with Crippen molar-refractivity contribution < 1.29 is 23.8 Å². The Bertz CT molecular complexity index is 1050.